The van der Waals surface area contributed by atoms with E-state index in [-0.39, 0.29) is 18.1 Å². The molecule has 1 rings (SSSR count). The van der Waals surface area contributed by atoms with Gasteiger partial charge in [-0.05, 0) is 58.6 Å². The Labute approximate surface area is 195 Å². The summed E-state index contributed by atoms with van der Waals surface area (Å²) in [6.07, 6.45) is 21.4. The topological polar surface area (TPSA) is 40.5 Å². The molecule has 2 nitrogen and oxygen atoms in total. The van der Waals surface area contributed by atoms with Gasteiger partial charge in [-0.2, -0.15) is 0 Å². The summed E-state index contributed by atoms with van der Waals surface area (Å²) in [7, 11) is 0. The normalized spacial score (nSPS) is 21.1. The molecule has 1 aliphatic carbocycles. The predicted molar refractivity (Wildman–Crippen MR) is 139 cm³/mol. The van der Waals surface area contributed by atoms with Gasteiger partial charge in [0.2, 0.25) is 0 Å². The average molecular weight is 433 g/mol. The van der Waals surface area contributed by atoms with E-state index >= 15 is 0 Å². The van der Waals surface area contributed by atoms with Crippen LogP contribution in [0.2, 0.25) is 0 Å². The van der Waals surface area contributed by atoms with E-state index in [1.807, 2.05) is 69.4 Å². The maximum Gasteiger partial charge on any atom is 0.0642 e. The van der Waals surface area contributed by atoms with Crippen LogP contribution in [0.4, 0.5) is 0 Å². The Hall–Kier alpha value is -2.60. The van der Waals surface area contributed by atoms with Crippen LogP contribution in [0.5, 0.6) is 0 Å². The zero-order valence-corrected chi connectivity index (χ0v) is 20.9. The van der Waals surface area contributed by atoms with Crippen LogP contribution in [0.15, 0.2) is 94.2 Å². The molecule has 1 atom stereocenters. The number of aliphatic hydroxyl groups is 2. The molecule has 1 aliphatic rings. The largest absolute Gasteiger partial charge is 0.393 e. The van der Waals surface area contributed by atoms with E-state index < -0.39 is 0 Å². The van der Waals surface area contributed by atoms with Crippen molar-refractivity contribution in [2.24, 2.45) is 5.41 Å². The maximum absolute atomic E-state index is 10.0. The first kappa shape index (κ1) is 27.4. The highest BCUT2D eigenvalue weighted by molar-refractivity contribution is 5.45. The van der Waals surface area contributed by atoms with Crippen molar-refractivity contribution in [1.29, 1.82) is 0 Å². The van der Waals surface area contributed by atoms with E-state index in [0.717, 1.165) is 35.1 Å². The van der Waals surface area contributed by atoms with Crippen molar-refractivity contribution in [3.63, 3.8) is 0 Å². The molecule has 2 N–H and O–H groups in total. The number of hydrogen-bond acceptors (Lipinski definition) is 2. The third-order valence-electron chi connectivity index (χ3n) is 5.30. The quantitative estimate of drug-likeness (QED) is 0.338. The monoisotopic (exact) mass is 432 g/mol. The van der Waals surface area contributed by atoms with Crippen molar-refractivity contribution in [1.82, 2.24) is 0 Å². The Morgan fingerprint density at radius 2 is 1.50 bits per heavy atom. The van der Waals surface area contributed by atoms with E-state index in [1.54, 1.807) is 0 Å². The Kier molecular flexibility index (Phi) is 11.8. The molecule has 0 aromatic carbocycles. The first-order valence-corrected chi connectivity index (χ1v) is 11.3. The van der Waals surface area contributed by atoms with Gasteiger partial charge in [0.1, 0.15) is 0 Å². The van der Waals surface area contributed by atoms with E-state index in [0.29, 0.717) is 0 Å². The molecule has 0 saturated heterocycles. The van der Waals surface area contributed by atoms with Gasteiger partial charge in [0.05, 0.1) is 12.7 Å². The molecule has 0 bridgehead atoms. The van der Waals surface area contributed by atoms with Crippen LogP contribution in [0.25, 0.3) is 0 Å². The summed E-state index contributed by atoms with van der Waals surface area (Å²) in [6, 6.07) is 0. The molecule has 0 aromatic heterocycles. The zero-order valence-electron chi connectivity index (χ0n) is 20.9. The van der Waals surface area contributed by atoms with Gasteiger partial charge in [0.25, 0.3) is 0 Å². The van der Waals surface area contributed by atoms with Gasteiger partial charge in [-0.25, -0.2) is 0 Å². The third-order valence-corrected chi connectivity index (χ3v) is 5.30. The summed E-state index contributed by atoms with van der Waals surface area (Å²) in [4.78, 5) is 0. The van der Waals surface area contributed by atoms with Gasteiger partial charge >= 0.3 is 0 Å². The lowest BCUT2D eigenvalue weighted by atomic mass is 9.72. The van der Waals surface area contributed by atoms with Gasteiger partial charge in [-0.1, -0.05) is 103 Å². The molecule has 0 spiro atoms. The van der Waals surface area contributed by atoms with Gasteiger partial charge in [-0.3, -0.25) is 0 Å². The molecule has 32 heavy (non-hydrogen) atoms. The number of allylic oxidation sites excluding steroid dienone is 14. The molecular weight excluding hydrogens is 392 g/mol. The lowest BCUT2D eigenvalue weighted by molar-refractivity contribution is 0.117. The van der Waals surface area contributed by atoms with Crippen molar-refractivity contribution < 1.29 is 10.2 Å². The first-order valence-electron chi connectivity index (χ1n) is 11.3. The van der Waals surface area contributed by atoms with Crippen LogP contribution in [0.1, 0.15) is 61.3 Å². The Morgan fingerprint density at radius 1 is 0.938 bits per heavy atom. The fourth-order valence-corrected chi connectivity index (χ4v) is 3.56. The second-order valence-corrected chi connectivity index (χ2v) is 9.30. The minimum Gasteiger partial charge on any atom is -0.393 e. The maximum atomic E-state index is 10.0. The van der Waals surface area contributed by atoms with Crippen molar-refractivity contribution in [3.8, 4) is 11.8 Å². The number of rotatable bonds is 7. The lowest BCUT2D eigenvalue weighted by Gasteiger charge is -2.34. The summed E-state index contributed by atoms with van der Waals surface area (Å²) in [5.41, 5.74) is 6.54. The second kappa shape index (κ2) is 13.7. The highest BCUT2D eigenvalue weighted by Crippen LogP contribution is 2.39. The lowest BCUT2D eigenvalue weighted by Crippen LogP contribution is -2.28. The molecule has 0 unspecified atom stereocenters. The Balaban J connectivity index is 2.71. The van der Waals surface area contributed by atoms with Crippen LogP contribution in [-0.4, -0.2) is 22.9 Å². The molecule has 0 aromatic rings. The SMILES string of the molecule is CC1=C(C#C/C(C)=C/C=C/C(C)=C/C=C/C=C(C)/C=C/C=C(\C)CO)C(C)(C)C[C@H](O)C1. The molecule has 2 heteroatoms. The molecule has 0 aliphatic heterocycles. The van der Waals surface area contributed by atoms with Gasteiger partial charge in [0, 0.05) is 11.0 Å². The summed E-state index contributed by atoms with van der Waals surface area (Å²) in [5, 5.41) is 19.0. The van der Waals surface area contributed by atoms with Crippen LogP contribution < -0.4 is 0 Å². The minimum absolute atomic E-state index is 0.0752. The van der Waals surface area contributed by atoms with E-state index in [1.165, 1.54) is 11.1 Å². The van der Waals surface area contributed by atoms with Crippen molar-refractivity contribution in [2.45, 2.75) is 67.4 Å². The summed E-state index contributed by atoms with van der Waals surface area (Å²) < 4.78 is 0. The Bertz CT molecular complexity index is 945. The molecule has 0 heterocycles. The smallest absolute Gasteiger partial charge is 0.0642 e. The minimum atomic E-state index is -0.256. The molecule has 0 saturated carbocycles. The molecular formula is C30H40O2. The van der Waals surface area contributed by atoms with Crippen LogP contribution >= 0.6 is 0 Å². The van der Waals surface area contributed by atoms with Crippen molar-refractivity contribution >= 4 is 0 Å². The van der Waals surface area contributed by atoms with Crippen LogP contribution in [-0.2, 0) is 0 Å². The fourth-order valence-electron chi connectivity index (χ4n) is 3.56. The molecule has 0 fully saturated rings. The molecule has 0 amide bonds. The Morgan fingerprint density at radius 3 is 2.03 bits per heavy atom. The zero-order chi connectivity index (χ0) is 24.1. The van der Waals surface area contributed by atoms with E-state index in [9.17, 15) is 5.11 Å². The predicted octanol–water partition coefficient (Wildman–Crippen LogP) is 6.93. The van der Waals surface area contributed by atoms with E-state index in [4.69, 9.17) is 5.11 Å². The summed E-state index contributed by atoms with van der Waals surface area (Å²) >= 11 is 0. The fraction of sp³-hybridized carbons (Fsp3) is 0.400. The van der Waals surface area contributed by atoms with Crippen LogP contribution in [0.3, 0.4) is 0 Å². The van der Waals surface area contributed by atoms with Crippen molar-refractivity contribution in [2.75, 3.05) is 6.61 Å². The summed E-state index contributed by atoms with van der Waals surface area (Å²) in [6.45, 7) is 14.5. The standard InChI is InChI=1S/C30H40O2/c1-23(12-8-9-13-24(2)15-11-17-26(4)22-31)14-10-16-25(3)18-19-29-27(5)20-28(32)21-30(29,6)7/h8-17,28,31-32H,20-22H2,1-7H3/b9-8+,14-10+,15-11+,23-12+,24-13+,25-16+,26-17+/t28-/m1/s1. The van der Waals surface area contributed by atoms with Gasteiger partial charge < -0.3 is 10.2 Å². The average Bonchev–Trinajstić information content (AvgIpc) is 2.69. The number of hydrogen-bond donors (Lipinski definition) is 2. The third kappa shape index (κ3) is 10.6. The van der Waals surface area contributed by atoms with Gasteiger partial charge in [-0.15, -0.1) is 0 Å². The van der Waals surface area contributed by atoms with Crippen LogP contribution in [0, 0.1) is 17.3 Å². The summed E-state index contributed by atoms with van der Waals surface area (Å²) in [5.74, 6) is 6.63. The highest BCUT2D eigenvalue weighted by Gasteiger charge is 2.31. The molecule has 0 radical (unpaired) electrons. The van der Waals surface area contributed by atoms with Gasteiger partial charge in [0.15, 0.2) is 0 Å². The number of aliphatic hydroxyl groups excluding tert-OH is 2. The first-order chi connectivity index (χ1) is 15.0. The molecule has 172 valence electrons. The van der Waals surface area contributed by atoms with E-state index in [2.05, 4.69) is 51.7 Å². The second-order valence-electron chi connectivity index (χ2n) is 9.30. The highest BCUT2D eigenvalue weighted by atomic mass is 16.3. The van der Waals surface area contributed by atoms with Crippen molar-refractivity contribution in [3.05, 3.63) is 94.2 Å².